The lowest BCUT2D eigenvalue weighted by atomic mass is 10.0. The van der Waals surface area contributed by atoms with E-state index in [4.69, 9.17) is 22.9 Å². The number of hydrogen-bond donors (Lipinski definition) is 14. The Labute approximate surface area is 319 Å². The summed E-state index contributed by atoms with van der Waals surface area (Å²) in [5, 5.41) is 29.4. The number of aliphatic hydroxyl groups excluding tert-OH is 1. The van der Waals surface area contributed by atoms with Crippen molar-refractivity contribution in [2.24, 2.45) is 27.9 Å². The van der Waals surface area contributed by atoms with E-state index in [1.54, 1.807) is 0 Å². The first kappa shape index (κ1) is 47.3. The molecule has 306 valence electrons. The predicted molar refractivity (Wildman–Crippen MR) is 200 cm³/mol. The van der Waals surface area contributed by atoms with Crippen molar-refractivity contribution in [2.75, 3.05) is 45.1 Å². The normalized spacial score (nSPS) is 24.6. The lowest BCUT2D eigenvalue weighted by molar-refractivity contribution is -0.135. The summed E-state index contributed by atoms with van der Waals surface area (Å²) in [7, 11) is 0. The first-order valence-electron chi connectivity index (χ1n) is 17.7. The second-order valence-electron chi connectivity index (χ2n) is 12.5. The molecule has 0 aliphatic carbocycles. The van der Waals surface area contributed by atoms with Crippen LogP contribution < -0.4 is 65.5 Å². The zero-order valence-corrected chi connectivity index (χ0v) is 31.4. The van der Waals surface area contributed by atoms with Crippen LogP contribution in [0.25, 0.3) is 0 Å². The molecule has 1 fully saturated rings. The van der Waals surface area contributed by atoms with Gasteiger partial charge in [0.05, 0.1) is 19.7 Å². The highest BCUT2D eigenvalue weighted by Gasteiger charge is 2.32. The fraction of sp³-hybridized carbons (Fsp3) is 0.710. The molecule has 0 aromatic carbocycles. The summed E-state index contributed by atoms with van der Waals surface area (Å²) >= 11 is 4.07. The lowest BCUT2D eigenvalue weighted by Gasteiger charge is -2.26. The molecule has 8 amide bonds. The summed E-state index contributed by atoms with van der Waals surface area (Å²) in [5.41, 5.74) is 22.1. The Morgan fingerprint density at radius 1 is 0.611 bits per heavy atom. The van der Waals surface area contributed by atoms with Gasteiger partial charge in [0.25, 0.3) is 0 Å². The number of aliphatic imine (C=N–C) groups is 1. The molecular formula is C31H57N13O9S. The smallest absolute Gasteiger partial charge is 0.245 e. The maximum absolute atomic E-state index is 13.7. The number of rotatable bonds is 14. The van der Waals surface area contributed by atoms with Gasteiger partial charge in [-0.3, -0.25) is 43.3 Å². The van der Waals surface area contributed by atoms with Gasteiger partial charge in [0.2, 0.25) is 47.3 Å². The Morgan fingerprint density at radius 3 is 1.50 bits per heavy atom. The highest BCUT2D eigenvalue weighted by molar-refractivity contribution is 7.80. The molecule has 1 aliphatic heterocycles. The SMILES string of the molecule is C[C@@H]1NC(=O)[C@@H](CS)NC(=O)CNC(=O)[C@H](CO)NC(=O)[C@H](CCCCN)NC(=O)[C@H](CCCN=C(N)N)NC(=O)[C@@H](CCCCN)NC(=O)CNC1=O. The molecule has 0 radical (unpaired) electrons. The number of carbonyl (C=O) groups excluding carboxylic acids is 8. The third-order valence-corrected chi connectivity index (χ3v) is 8.37. The van der Waals surface area contributed by atoms with Gasteiger partial charge in [-0.05, 0) is 71.4 Å². The van der Waals surface area contributed by atoms with Gasteiger partial charge in [-0.1, -0.05) is 0 Å². The van der Waals surface area contributed by atoms with E-state index < -0.39 is 103 Å². The van der Waals surface area contributed by atoms with Crippen LogP contribution in [0.15, 0.2) is 4.99 Å². The van der Waals surface area contributed by atoms with E-state index in [1.807, 2.05) is 0 Å². The van der Waals surface area contributed by atoms with E-state index in [0.29, 0.717) is 32.2 Å². The largest absolute Gasteiger partial charge is 0.394 e. The average molecular weight is 788 g/mol. The Bertz CT molecular complexity index is 1320. The van der Waals surface area contributed by atoms with Crippen LogP contribution in [0.5, 0.6) is 0 Å². The van der Waals surface area contributed by atoms with Crippen LogP contribution in [0, 0.1) is 0 Å². The van der Waals surface area contributed by atoms with Gasteiger partial charge in [-0.15, -0.1) is 0 Å². The summed E-state index contributed by atoms with van der Waals surface area (Å²) < 4.78 is 0. The van der Waals surface area contributed by atoms with Crippen molar-refractivity contribution in [3.8, 4) is 0 Å². The Balaban J connectivity index is 3.52. The third-order valence-electron chi connectivity index (χ3n) is 8.01. The molecule has 1 rings (SSSR count). The fourth-order valence-electron chi connectivity index (χ4n) is 4.98. The van der Waals surface area contributed by atoms with E-state index in [9.17, 15) is 43.5 Å². The number of carbonyl (C=O) groups is 8. The Hall–Kier alpha value is -4.74. The first-order chi connectivity index (χ1) is 25.7. The number of thiol groups is 1. The molecule has 0 aromatic rings. The summed E-state index contributed by atoms with van der Waals surface area (Å²) in [6.45, 7) is -0.112. The van der Waals surface area contributed by atoms with Crippen LogP contribution in [0.2, 0.25) is 0 Å². The van der Waals surface area contributed by atoms with Crippen molar-refractivity contribution in [1.82, 2.24) is 42.5 Å². The van der Waals surface area contributed by atoms with E-state index in [-0.39, 0.29) is 50.5 Å². The predicted octanol–water partition coefficient (Wildman–Crippen LogP) is -6.61. The molecular weight excluding hydrogens is 730 g/mol. The molecule has 0 bridgehead atoms. The number of hydrogen-bond acceptors (Lipinski definition) is 13. The lowest BCUT2D eigenvalue weighted by Crippen LogP contribution is -2.59. The Morgan fingerprint density at radius 2 is 1.04 bits per heavy atom. The van der Waals surface area contributed by atoms with Crippen molar-refractivity contribution in [3.63, 3.8) is 0 Å². The number of amides is 8. The number of nitrogens with two attached hydrogens (primary N) is 4. The molecule has 0 spiro atoms. The fourth-order valence-corrected chi connectivity index (χ4v) is 5.24. The summed E-state index contributed by atoms with van der Waals surface area (Å²) in [6.07, 6.45) is 2.15. The number of nitrogens with one attached hydrogen (secondary N) is 8. The maximum Gasteiger partial charge on any atom is 0.245 e. The van der Waals surface area contributed by atoms with E-state index in [0.717, 1.165) is 0 Å². The van der Waals surface area contributed by atoms with Gasteiger partial charge in [-0.25, -0.2) is 0 Å². The van der Waals surface area contributed by atoms with E-state index >= 15 is 0 Å². The second-order valence-corrected chi connectivity index (χ2v) is 12.8. The van der Waals surface area contributed by atoms with E-state index in [1.165, 1.54) is 6.92 Å². The molecule has 0 unspecified atom stereocenters. The highest BCUT2D eigenvalue weighted by atomic mass is 32.1. The summed E-state index contributed by atoms with van der Waals surface area (Å²) in [4.78, 5) is 109. The molecule has 0 aromatic heterocycles. The van der Waals surface area contributed by atoms with Gasteiger partial charge >= 0.3 is 0 Å². The van der Waals surface area contributed by atoms with Gasteiger partial charge in [0.1, 0.15) is 36.3 Å². The minimum absolute atomic E-state index is 0.00750. The first-order valence-corrected chi connectivity index (χ1v) is 18.3. The monoisotopic (exact) mass is 787 g/mol. The van der Waals surface area contributed by atoms with Gasteiger partial charge < -0.3 is 70.6 Å². The molecule has 1 heterocycles. The summed E-state index contributed by atoms with van der Waals surface area (Å²) in [6, 6.07) is -7.68. The van der Waals surface area contributed by atoms with Gasteiger partial charge in [0.15, 0.2) is 5.96 Å². The van der Waals surface area contributed by atoms with Crippen LogP contribution in [0.1, 0.15) is 58.3 Å². The van der Waals surface area contributed by atoms with Crippen molar-refractivity contribution >= 4 is 65.8 Å². The number of aliphatic hydroxyl groups is 1. The zero-order chi connectivity index (χ0) is 40.6. The van der Waals surface area contributed by atoms with Crippen LogP contribution in [-0.2, 0) is 38.4 Å². The Kier molecular flexibility index (Phi) is 22.9. The standard InChI is InChI=1S/C31H57N13O9S/c1-17-25(48)37-13-23(46)40-18(7-2-4-10-32)27(50)43-20(9-6-12-36-31(34)35)28(51)42-19(8-3-5-11-33)29(52)44-21(15-45)26(49)38-14-24(47)41-22(16-54)30(53)39-17/h17-22,45,54H,2-16,32-33H2,1H3,(H,37,48)(H,38,49)(H,39,53)(H,40,46)(H,41,47)(H,42,51)(H,43,50)(H,44,52)(H4,34,35,36)/t17-,18+,19-,20-,21-,22+/m0/s1. The summed E-state index contributed by atoms with van der Waals surface area (Å²) in [5.74, 6) is -6.86. The highest BCUT2D eigenvalue weighted by Crippen LogP contribution is 2.08. The van der Waals surface area contributed by atoms with Gasteiger partial charge in [-0.2, -0.15) is 12.6 Å². The van der Waals surface area contributed by atoms with Crippen molar-refractivity contribution in [2.45, 2.75) is 94.5 Å². The molecule has 17 N–H and O–H groups in total. The quantitative estimate of drug-likeness (QED) is 0.0337. The van der Waals surface area contributed by atoms with Crippen LogP contribution in [0.3, 0.4) is 0 Å². The number of guanidine groups is 1. The molecule has 0 saturated carbocycles. The maximum atomic E-state index is 13.7. The minimum Gasteiger partial charge on any atom is -0.394 e. The molecule has 54 heavy (non-hydrogen) atoms. The zero-order valence-electron chi connectivity index (χ0n) is 30.5. The molecule has 1 aliphatic rings. The minimum atomic E-state index is -1.55. The van der Waals surface area contributed by atoms with Crippen LogP contribution >= 0.6 is 12.6 Å². The van der Waals surface area contributed by atoms with Gasteiger partial charge in [0, 0.05) is 12.3 Å². The third kappa shape index (κ3) is 18.3. The van der Waals surface area contributed by atoms with Crippen LogP contribution in [0.4, 0.5) is 0 Å². The molecule has 23 heteroatoms. The average Bonchev–Trinajstić information content (AvgIpc) is 3.13. The van der Waals surface area contributed by atoms with Crippen molar-refractivity contribution in [3.05, 3.63) is 0 Å². The van der Waals surface area contributed by atoms with Crippen LogP contribution in [-0.4, -0.2) is 140 Å². The molecule has 1 saturated heterocycles. The molecule has 22 nitrogen and oxygen atoms in total. The van der Waals surface area contributed by atoms with Crippen molar-refractivity contribution in [1.29, 1.82) is 0 Å². The second kappa shape index (κ2) is 26.1. The van der Waals surface area contributed by atoms with E-state index in [2.05, 4.69) is 60.2 Å². The van der Waals surface area contributed by atoms with Crippen molar-refractivity contribution < 1.29 is 43.5 Å². The molecule has 6 atom stereocenters. The topological polar surface area (TPSA) is 369 Å². The number of nitrogens with zero attached hydrogens (tertiary/aromatic N) is 1. The number of unbranched alkanes of at least 4 members (excludes halogenated alkanes) is 2.